The number of hydrogen-bond donors (Lipinski definition) is 2. The molecule has 0 radical (unpaired) electrons. The number of piperidine rings is 1. The fourth-order valence-corrected chi connectivity index (χ4v) is 4.66. The number of benzene rings is 2. The van der Waals surface area contributed by atoms with Gasteiger partial charge in [0.1, 0.15) is 11.6 Å². The van der Waals surface area contributed by atoms with Gasteiger partial charge in [-0.3, -0.25) is 4.79 Å². The minimum atomic E-state index is -4.85. The van der Waals surface area contributed by atoms with Crippen molar-refractivity contribution < 1.29 is 22.7 Å². The van der Waals surface area contributed by atoms with Crippen LogP contribution in [0.15, 0.2) is 30.3 Å². The minimum Gasteiger partial charge on any atom is -0.405 e. The van der Waals surface area contributed by atoms with E-state index in [1.165, 1.54) is 12.1 Å². The highest BCUT2D eigenvalue weighted by Crippen LogP contribution is 2.36. The molecule has 202 valence electrons. The van der Waals surface area contributed by atoms with Crippen molar-refractivity contribution in [3.05, 3.63) is 58.7 Å². The lowest BCUT2D eigenvalue weighted by atomic mass is 9.95. The summed E-state index contributed by atoms with van der Waals surface area (Å²) in [6.07, 6.45) is -2.60. The number of H-pyrrole nitrogens is 1. The van der Waals surface area contributed by atoms with Gasteiger partial charge in [-0.05, 0) is 48.6 Å². The van der Waals surface area contributed by atoms with Crippen LogP contribution in [-0.2, 0) is 17.8 Å². The summed E-state index contributed by atoms with van der Waals surface area (Å²) in [5.41, 5.74) is 2.96. The molecule has 1 amide bonds. The van der Waals surface area contributed by atoms with Crippen LogP contribution in [0.25, 0.3) is 15.9 Å². The Morgan fingerprint density at radius 2 is 2.03 bits per heavy atom. The molecule has 4 rings (SSSR count). The van der Waals surface area contributed by atoms with Gasteiger partial charge in [0.05, 0.1) is 17.6 Å². The van der Waals surface area contributed by atoms with Crippen molar-refractivity contribution in [1.29, 1.82) is 0 Å². The number of halogens is 3. The van der Waals surface area contributed by atoms with Crippen LogP contribution in [-0.4, -0.2) is 35.3 Å². The van der Waals surface area contributed by atoms with Crippen molar-refractivity contribution in [2.24, 2.45) is 11.3 Å². The van der Waals surface area contributed by atoms with E-state index in [0.29, 0.717) is 34.0 Å². The highest BCUT2D eigenvalue weighted by molar-refractivity contribution is 5.88. The molecule has 1 aliphatic rings. The third kappa shape index (κ3) is 6.57. The maximum Gasteiger partial charge on any atom is 0.573 e. The summed E-state index contributed by atoms with van der Waals surface area (Å²) in [5.74, 6) is 0.485. The zero-order chi connectivity index (χ0) is 27.7. The molecule has 3 aromatic rings. The molecule has 2 N–H and O–H groups in total. The van der Waals surface area contributed by atoms with E-state index in [9.17, 15) is 18.0 Å². The van der Waals surface area contributed by atoms with Crippen molar-refractivity contribution in [1.82, 2.24) is 15.3 Å². The molecule has 1 aliphatic heterocycles. The molecule has 0 aliphatic carbocycles. The number of carbonyl (C=O) groups is 1. The molecule has 1 unspecified atom stereocenters. The molecule has 10 heteroatoms. The van der Waals surface area contributed by atoms with Crippen LogP contribution in [0.2, 0.25) is 0 Å². The van der Waals surface area contributed by atoms with Gasteiger partial charge in [-0.15, -0.1) is 13.2 Å². The van der Waals surface area contributed by atoms with E-state index in [-0.39, 0.29) is 30.2 Å². The largest absolute Gasteiger partial charge is 0.573 e. The second kappa shape index (κ2) is 10.6. The Morgan fingerprint density at radius 1 is 1.26 bits per heavy atom. The minimum absolute atomic E-state index is 0.0462. The van der Waals surface area contributed by atoms with E-state index in [1.54, 1.807) is 32.9 Å². The molecule has 1 fully saturated rings. The van der Waals surface area contributed by atoms with Gasteiger partial charge in [-0.25, -0.2) is 9.83 Å². The molecule has 38 heavy (non-hydrogen) atoms. The van der Waals surface area contributed by atoms with Crippen LogP contribution in [0.4, 0.5) is 24.5 Å². The molecular formula is C28H32F3N5O2. The standard InChI is InChI=1S/C28H32F3N5O2/c1-17-7-6-10-36(16-17)23-14-21-20(13-22(23)32-5)34-25(35-21)12-19-11-18(15-33-26(37)27(2,3)4)8-9-24(19)38-28(29,30)31/h8-9,11,13-14,17H,6-7,10,12,15-16H2,1-4H3,(H,33,37)(H,34,35). The highest BCUT2D eigenvalue weighted by atomic mass is 19.4. The number of ether oxygens (including phenoxy) is 1. The van der Waals surface area contributed by atoms with Crippen molar-refractivity contribution in [2.75, 3.05) is 18.0 Å². The first-order chi connectivity index (χ1) is 17.8. The maximum absolute atomic E-state index is 13.1. The lowest BCUT2D eigenvalue weighted by Gasteiger charge is -2.33. The topological polar surface area (TPSA) is 74.6 Å². The van der Waals surface area contributed by atoms with Crippen LogP contribution in [0.1, 0.15) is 57.5 Å². The second-order valence-corrected chi connectivity index (χ2v) is 10.9. The molecule has 7 nitrogen and oxygen atoms in total. The van der Waals surface area contributed by atoms with Gasteiger partial charge < -0.3 is 19.9 Å². The van der Waals surface area contributed by atoms with Crippen LogP contribution >= 0.6 is 0 Å². The highest BCUT2D eigenvalue weighted by Gasteiger charge is 2.32. The number of imidazole rings is 1. The molecule has 0 spiro atoms. The van der Waals surface area contributed by atoms with Crippen molar-refractivity contribution in [2.45, 2.75) is 59.9 Å². The number of carbonyl (C=O) groups excluding carboxylic acids is 1. The van der Waals surface area contributed by atoms with E-state index in [0.717, 1.165) is 31.6 Å². The van der Waals surface area contributed by atoms with Crippen LogP contribution in [0.3, 0.4) is 0 Å². The van der Waals surface area contributed by atoms with E-state index >= 15 is 0 Å². The van der Waals surface area contributed by atoms with Crippen molar-refractivity contribution in [3.8, 4) is 5.75 Å². The summed E-state index contributed by atoms with van der Waals surface area (Å²) in [4.78, 5) is 26.0. The molecule has 2 aromatic carbocycles. The Labute approximate surface area is 220 Å². The second-order valence-electron chi connectivity index (χ2n) is 10.9. The molecule has 0 bridgehead atoms. The molecule has 1 aromatic heterocycles. The first kappa shape index (κ1) is 27.3. The Balaban J connectivity index is 1.64. The predicted molar refractivity (Wildman–Crippen MR) is 140 cm³/mol. The zero-order valence-corrected chi connectivity index (χ0v) is 22.0. The van der Waals surface area contributed by atoms with Gasteiger partial charge in [-0.2, -0.15) is 0 Å². The maximum atomic E-state index is 13.1. The van der Waals surface area contributed by atoms with Crippen LogP contribution < -0.4 is 15.0 Å². The summed E-state index contributed by atoms with van der Waals surface area (Å²) in [6, 6.07) is 7.98. The van der Waals surface area contributed by atoms with Crippen molar-refractivity contribution in [3.63, 3.8) is 0 Å². The SMILES string of the molecule is [C-]#[N+]c1cc2[nH]c(Cc3cc(CNC(=O)C(C)(C)C)ccc3OC(F)(F)F)nc2cc1N1CCCC(C)C1. The summed E-state index contributed by atoms with van der Waals surface area (Å²) < 4.78 is 43.6. The third-order valence-corrected chi connectivity index (χ3v) is 6.59. The number of rotatable bonds is 6. The molecule has 1 saturated heterocycles. The van der Waals surface area contributed by atoms with E-state index in [4.69, 9.17) is 6.57 Å². The van der Waals surface area contributed by atoms with E-state index in [2.05, 4.69) is 36.7 Å². The average molecular weight is 528 g/mol. The lowest BCUT2D eigenvalue weighted by Crippen LogP contribution is -2.34. The Kier molecular flexibility index (Phi) is 7.58. The quantitative estimate of drug-likeness (QED) is 0.359. The summed E-state index contributed by atoms with van der Waals surface area (Å²) in [5, 5.41) is 2.81. The van der Waals surface area contributed by atoms with Gasteiger partial charge in [0.2, 0.25) is 11.6 Å². The number of aromatic amines is 1. The van der Waals surface area contributed by atoms with Gasteiger partial charge in [0.15, 0.2) is 0 Å². The van der Waals surface area contributed by atoms with Gasteiger partial charge >= 0.3 is 6.36 Å². The molecular weight excluding hydrogens is 495 g/mol. The normalized spacial score (nSPS) is 16.4. The van der Waals surface area contributed by atoms with Crippen molar-refractivity contribution >= 4 is 28.3 Å². The number of alkyl halides is 3. The molecule has 2 heterocycles. The van der Waals surface area contributed by atoms with Crippen LogP contribution in [0.5, 0.6) is 5.75 Å². The fourth-order valence-electron chi connectivity index (χ4n) is 4.66. The summed E-state index contributed by atoms with van der Waals surface area (Å²) >= 11 is 0. The lowest BCUT2D eigenvalue weighted by molar-refractivity contribution is -0.274. The number of aromatic nitrogens is 2. The van der Waals surface area contributed by atoms with Gasteiger partial charge in [0, 0.05) is 42.7 Å². The first-order valence-corrected chi connectivity index (χ1v) is 12.6. The van der Waals surface area contributed by atoms with E-state index < -0.39 is 11.8 Å². The first-order valence-electron chi connectivity index (χ1n) is 12.6. The number of nitrogens with zero attached hydrogens (tertiary/aromatic N) is 3. The Morgan fingerprint density at radius 3 is 2.68 bits per heavy atom. The smallest absolute Gasteiger partial charge is 0.405 e. The number of anilines is 1. The van der Waals surface area contributed by atoms with Gasteiger partial charge in [0.25, 0.3) is 0 Å². The summed E-state index contributed by atoms with van der Waals surface area (Å²) in [6.45, 7) is 17.1. The number of nitrogens with one attached hydrogen (secondary N) is 2. The van der Waals surface area contributed by atoms with Gasteiger partial charge in [-0.1, -0.05) is 33.8 Å². The molecule has 0 saturated carbocycles. The fraction of sp³-hybridized carbons (Fsp3) is 0.464. The van der Waals surface area contributed by atoms with Crippen LogP contribution in [0, 0.1) is 17.9 Å². The molecule has 1 atom stereocenters. The number of fused-ring (bicyclic) bond motifs is 1. The zero-order valence-electron chi connectivity index (χ0n) is 22.0. The Hall–Kier alpha value is -3.74. The monoisotopic (exact) mass is 527 g/mol. The predicted octanol–water partition coefficient (Wildman–Crippen LogP) is 6.50. The number of hydrogen-bond acceptors (Lipinski definition) is 4. The number of amides is 1. The summed E-state index contributed by atoms with van der Waals surface area (Å²) in [7, 11) is 0. The average Bonchev–Trinajstić information content (AvgIpc) is 3.22. The van der Waals surface area contributed by atoms with E-state index in [1.807, 2.05) is 6.07 Å². The third-order valence-electron chi connectivity index (χ3n) is 6.59. The Bertz CT molecular complexity index is 1370.